The van der Waals surface area contributed by atoms with Crippen molar-refractivity contribution in [2.75, 3.05) is 19.7 Å². The predicted molar refractivity (Wildman–Crippen MR) is 99.6 cm³/mol. The number of ketones is 1. The number of hydrogen-bond acceptors (Lipinski definition) is 4. The normalized spacial score (nSPS) is 17.0. The maximum atomic E-state index is 13.0. The van der Waals surface area contributed by atoms with Gasteiger partial charge in [0.15, 0.2) is 5.78 Å². The van der Waals surface area contributed by atoms with Crippen LogP contribution >= 0.6 is 0 Å². The summed E-state index contributed by atoms with van der Waals surface area (Å²) in [5.74, 6) is -0.313. The van der Waals surface area contributed by atoms with E-state index in [2.05, 4.69) is 10.4 Å². The number of benzene rings is 2. The first-order valence-electron chi connectivity index (χ1n) is 8.94. The molecule has 1 fully saturated rings. The molecule has 0 aliphatic carbocycles. The Morgan fingerprint density at radius 3 is 2.67 bits per heavy atom. The smallest absolute Gasteiger partial charge is 0.170 e. The van der Waals surface area contributed by atoms with Gasteiger partial charge < -0.3 is 10.1 Å². The topological polar surface area (TPSA) is 56.1 Å². The second-order valence-corrected chi connectivity index (χ2v) is 6.56. The molecule has 2 heterocycles. The van der Waals surface area contributed by atoms with Crippen LogP contribution in [0.5, 0.6) is 0 Å². The van der Waals surface area contributed by atoms with Gasteiger partial charge in [0, 0.05) is 25.7 Å². The molecule has 1 atom stereocenters. The molecule has 0 saturated carbocycles. The van der Waals surface area contributed by atoms with Crippen LogP contribution in [0.1, 0.15) is 27.6 Å². The Morgan fingerprint density at radius 1 is 1.19 bits per heavy atom. The van der Waals surface area contributed by atoms with Gasteiger partial charge in [-0.3, -0.25) is 4.79 Å². The molecule has 3 aromatic rings. The minimum Gasteiger partial charge on any atom is -0.371 e. The molecule has 1 N–H and O–H groups in total. The number of carbonyl (C=O) groups is 1. The number of halogens is 1. The van der Waals surface area contributed by atoms with Crippen molar-refractivity contribution in [3.8, 4) is 5.69 Å². The summed E-state index contributed by atoms with van der Waals surface area (Å²) >= 11 is 0. The molecule has 0 bridgehead atoms. The molecule has 5 nitrogen and oxygen atoms in total. The second kappa shape index (κ2) is 7.82. The zero-order valence-corrected chi connectivity index (χ0v) is 14.8. The Bertz CT molecular complexity index is 913. The molecule has 27 heavy (non-hydrogen) atoms. The van der Waals surface area contributed by atoms with Gasteiger partial charge in [-0.25, -0.2) is 9.07 Å². The molecule has 1 aliphatic rings. The summed E-state index contributed by atoms with van der Waals surface area (Å²) in [6, 6.07) is 13.9. The van der Waals surface area contributed by atoms with E-state index in [0.717, 1.165) is 24.2 Å². The van der Waals surface area contributed by atoms with Crippen molar-refractivity contribution >= 4 is 5.78 Å². The Morgan fingerprint density at radius 2 is 1.96 bits per heavy atom. The van der Waals surface area contributed by atoms with E-state index in [4.69, 9.17) is 4.74 Å². The number of aromatic nitrogens is 2. The fraction of sp³-hybridized carbons (Fsp3) is 0.238. The average molecular weight is 365 g/mol. The maximum Gasteiger partial charge on any atom is 0.170 e. The molecule has 6 heteroatoms. The lowest BCUT2D eigenvalue weighted by molar-refractivity contribution is 0.0277. The SMILES string of the molecule is O=C(Cc1ccc([C@H]2CNCCO2)cc1)c1cnn(-c2ccc(F)cc2)c1. The summed E-state index contributed by atoms with van der Waals surface area (Å²) in [5, 5.41) is 7.52. The number of rotatable bonds is 5. The highest BCUT2D eigenvalue weighted by Gasteiger charge is 2.16. The largest absolute Gasteiger partial charge is 0.371 e. The number of nitrogens with one attached hydrogen (secondary N) is 1. The van der Waals surface area contributed by atoms with Gasteiger partial charge in [-0.1, -0.05) is 24.3 Å². The Hall–Kier alpha value is -2.83. The number of hydrogen-bond donors (Lipinski definition) is 1. The number of nitrogens with zero attached hydrogens (tertiary/aromatic N) is 2. The summed E-state index contributed by atoms with van der Waals surface area (Å²) in [5.41, 5.74) is 3.30. The molecule has 0 amide bonds. The van der Waals surface area contributed by atoms with Crippen LogP contribution in [0.25, 0.3) is 5.69 Å². The molecule has 0 radical (unpaired) electrons. The number of ether oxygens (including phenoxy) is 1. The van der Waals surface area contributed by atoms with Crippen LogP contribution in [0.15, 0.2) is 60.9 Å². The van der Waals surface area contributed by atoms with Gasteiger partial charge >= 0.3 is 0 Å². The minimum atomic E-state index is -0.305. The lowest BCUT2D eigenvalue weighted by Gasteiger charge is -2.24. The third kappa shape index (κ3) is 4.13. The predicted octanol–water partition coefficient (Wildman–Crippen LogP) is 3.10. The van der Waals surface area contributed by atoms with E-state index in [1.165, 1.54) is 12.1 Å². The van der Waals surface area contributed by atoms with Gasteiger partial charge in [0.1, 0.15) is 5.82 Å². The van der Waals surface area contributed by atoms with E-state index >= 15 is 0 Å². The first-order valence-corrected chi connectivity index (χ1v) is 8.94. The third-order valence-electron chi connectivity index (χ3n) is 4.64. The van der Waals surface area contributed by atoms with E-state index < -0.39 is 0 Å². The summed E-state index contributed by atoms with van der Waals surface area (Å²) in [6.07, 6.45) is 3.59. The quantitative estimate of drug-likeness (QED) is 0.706. The Kier molecular flexibility index (Phi) is 5.09. The fourth-order valence-electron chi connectivity index (χ4n) is 3.12. The molecule has 1 saturated heterocycles. The number of morpholine rings is 1. The number of carbonyl (C=O) groups excluding carboxylic acids is 1. The zero-order valence-electron chi connectivity index (χ0n) is 14.8. The van der Waals surface area contributed by atoms with Gasteiger partial charge in [0.05, 0.1) is 30.2 Å². The molecule has 138 valence electrons. The van der Waals surface area contributed by atoms with Crippen LogP contribution in [0.4, 0.5) is 4.39 Å². The first-order chi connectivity index (χ1) is 13.2. The highest BCUT2D eigenvalue weighted by Crippen LogP contribution is 2.20. The van der Waals surface area contributed by atoms with Crippen molar-refractivity contribution in [1.29, 1.82) is 0 Å². The molecule has 2 aromatic carbocycles. The van der Waals surface area contributed by atoms with Crippen molar-refractivity contribution in [2.45, 2.75) is 12.5 Å². The highest BCUT2D eigenvalue weighted by molar-refractivity contribution is 5.97. The molecular weight excluding hydrogens is 345 g/mol. The van der Waals surface area contributed by atoms with Gasteiger partial charge in [-0.2, -0.15) is 5.10 Å². The highest BCUT2D eigenvalue weighted by atomic mass is 19.1. The van der Waals surface area contributed by atoms with Gasteiger partial charge in [0.25, 0.3) is 0 Å². The second-order valence-electron chi connectivity index (χ2n) is 6.56. The van der Waals surface area contributed by atoms with E-state index in [0.29, 0.717) is 24.3 Å². The average Bonchev–Trinajstić information content (AvgIpc) is 3.20. The Balaban J connectivity index is 1.42. The van der Waals surface area contributed by atoms with Gasteiger partial charge in [-0.05, 0) is 35.4 Å². The van der Waals surface area contributed by atoms with E-state index in [1.54, 1.807) is 29.2 Å². The molecule has 0 unspecified atom stereocenters. The van der Waals surface area contributed by atoms with Crippen molar-refractivity contribution in [3.63, 3.8) is 0 Å². The standard InChI is InChI=1S/C21H20FN3O2/c22-18-5-7-19(8-6-18)25-14-17(12-24-25)20(26)11-15-1-3-16(4-2-15)21-13-23-9-10-27-21/h1-8,12,14,21,23H,9-11,13H2/t21-/m1/s1. The van der Waals surface area contributed by atoms with Crippen LogP contribution in [-0.4, -0.2) is 35.3 Å². The van der Waals surface area contributed by atoms with Crippen LogP contribution in [0, 0.1) is 5.82 Å². The molecule has 0 spiro atoms. The summed E-state index contributed by atoms with van der Waals surface area (Å²) in [4.78, 5) is 12.6. The molecule has 1 aromatic heterocycles. The van der Waals surface area contributed by atoms with E-state index in [-0.39, 0.29) is 17.7 Å². The first kappa shape index (κ1) is 17.6. The fourth-order valence-corrected chi connectivity index (χ4v) is 3.12. The zero-order chi connectivity index (χ0) is 18.6. The summed E-state index contributed by atoms with van der Waals surface area (Å²) < 4.78 is 20.3. The van der Waals surface area contributed by atoms with Crippen molar-refractivity contribution in [2.24, 2.45) is 0 Å². The number of Topliss-reactive ketones (excluding diaryl/α,β-unsaturated/α-hetero) is 1. The van der Waals surface area contributed by atoms with Crippen molar-refractivity contribution in [3.05, 3.63) is 83.4 Å². The van der Waals surface area contributed by atoms with Crippen LogP contribution < -0.4 is 5.32 Å². The van der Waals surface area contributed by atoms with Crippen LogP contribution in [-0.2, 0) is 11.2 Å². The monoisotopic (exact) mass is 365 g/mol. The molecule has 4 rings (SSSR count). The van der Waals surface area contributed by atoms with Crippen LogP contribution in [0.3, 0.4) is 0 Å². The molecule has 1 aliphatic heterocycles. The van der Waals surface area contributed by atoms with Gasteiger partial charge in [0.2, 0.25) is 0 Å². The van der Waals surface area contributed by atoms with Crippen molar-refractivity contribution in [1.82, 2.24) is 15.1 Å². The molecular formula is C21H20FN3O2. The summed E-state index contributed by atoms with van der Waals surface area (Å²) in [7, 11) is 0. The van der Waals surface area contributed by atoms with E-state index in [9.17, 15) is 9.18 Å². The van der Waals surface area contributed by atoms with E-state index in [1.807, 2.05) is 24.3 Å². The lowest BCUT2D eigenvalue weighted by Crippen LogP contribution is -2.33. The van der Waals surface area contributed by atoms with Crippen LogP contribution in [0.2, 0.25) is 0 Å². The summed E-state index contributed by atoms with van der Waals surface area (Å²) in [6.45, 7) is 2.40. The minimum absolute atomic E-state index is 0.00769. The lowest BCUT2D eigenvalue weighted by atomic mass is 10.0. The maximum absolute atomic E-state index is 13.0. The van der Waals surface area contributed by atoms with Crippen molar-refractivity contribution < 1.29 is 13.9 Å². The third-order valence-corrected chi connectivity index (χ3v) is 4.64. The van der Waals surface area contributed by atoms with Gasteiger partial charge in [-0.15, -0.1) is 0 Å². The Labute approximate surface area is 156 Å².